The van der Waals surface area contributed by atoms with E-state index in [1.165, 1.54) is 12.1 Å². The molecule has 0 spiro atoms. The van der Waals surface area contributed by atoms with Gasteiger partial charge in [-0.2, -0.15) is 0 Å². The van der Waals surface area contributed by atoms with Gasteiger partial charge in [-0.05, 0) is 18.2 Å². The number of benzene rings is 1. The molecule has 1 atom stereocenters. The molecule has 0 saturated carbocycles. The SMILES string of the molecule is OC1(CNc2nc3ccc(F)cc3[nH]2)CCOC1. The lowest BCUT2D eigenvalue weighted by Gasteiger charge is -2.20. The second kappa shape index (κ2) is 4.22. The molecular weight excluding hydrogens is 237 g/mol. The number of nitrogens with zero attached hydrogens (tertiary/aromatic N) is 1. The van der Waals surface area contributed by atoms with Gasteiger partial charge in [0, 0.05) is 19.6 Å². The van der Waals surface area contributed by atoms with Crippen LogP contribution in [-0.4, -0.2) is 40.4 Å². The van der Waals surface area contributed by atoms with E-state index < -0.39 is 5.60 Å². The van der Waals surface area contributed by atoms with Crippen LogP contribution in [0.1, 0.15) is 6.42 Å². The summed E-state index contributed by atoms with van der Waals surface area (Å²) in [6, 6.07) is 4.37. The third kappa shape index (κ3) is 2.16. The summed E-state index contributed by atoms with van der Waals surface area (Å²) in [6.45, 7) is 1.26. The van der Waals surface area contributed by atoms with Gasteiger partial charge in [0.25, 0.3) is 0 Å². The van der Waals surface area contributed by atoms with E-state index in [9.17, 15) is 9.50 Å². The zero-order valence-electron chi connectivity index (χ0n) is 9.74. The number of aromatic amines is 1. The summed E-state index contributed by atoms with van der Waals surface area (Å²) >= 11 is 0. The molecule has 0 aliphatic carbocycles. The van der Waals surface area contributed by atoms with Gasteiger partial charge in [-0.1, -0.05) is 0 Å². The fourth-order valence-corrected chi connectivity index (χ4v) is 2.05. The van der Waals surface area contributed by atoms with E-state index in [-0.39, 0.29) is 5.82 Å². The predicted octanol–water partition coefficient (Wildman–Crippen LogP) is 1.27. The third-order valence-corrected chi connectivity index (χ3v) is 3.11. The van der Waals surface area contributed by atoms with E-state index in [0.717, 1.165) is 0 Å². The summed E-state index contributed by atoms with van der Waals surface area (Å²) < 4.78 is 18.2. The minimum Gasteiger partial charge on any atom is -0.386 e. The summed E-state index contributed by atoms with van der Waals surface area (Å²) in [4.78, 5) is 7.22. The summed E-state index contributed by atoms with van der Waals surface area (Å²) in [5, 5.41) is 13.1. The largest absolute Gasteiger partial charge is 0.386 e. The van der Waals surface area contributed by atoms with Gasteiger partial charge in [-0.15, -0.1) is 0 Å². The zero-order valence-corrected chi connectivity index (χ0v) is 9.74. The van der Waals surface area contributed by atoms with Gasteiger partial charge in [0.05, 0.1) is 17.6 Å². The van der Waals surface area contributed by atoms with Crippen molar-refractivity contribution in [2.45, 2.75) is 12.0 Å². The van der Waals surface area contributed by atoms with Crippen molar-refractivity contribution in [1.82, 2.24) is 9.97 Å². The number of aliphatic hydroxyl groups is 1. The Morgan fingerprint density at radius 2 is 2.44 bits per heavy atom. The first-order valence-corrected chi connectivity index (χ1v) is 5.84. The normalized spacial score (nSPS) is 23.7. The maximum absolute atomic E-state index is 13.0. The Kier molecular flexibility index (Phi) is 2.68. The van der Waals surface area contributed by atoms with Crippen LogP contribution in [0.2, 0.25) is 0 Å². The van der Waals surface area contributed by atoms with E-state index in [1.807, 2.05) is 0 Å². The molecule has 2 heterocycles. The first kappa shape index (κ1) is 11.4. The second-order valence-electron chi connectivity index (χ2n) is 4.63. The number of aromatic nitrogens is 2. The van der Waals surface area contributed by atoms with Crippen molar-refractivity contribution < 1.29 is 14.2 Å². The van der Waals surface area contributed by atoms with Crippen molar-refractivity contribution in [1.29, 1.82) is 0 Å². The van der Waals surface area contributed by atoms with Crippen LogP contribution in [0.5, 0.6) is 0 Å². The quantitative estimate of drug-likeness (QED) is 0.768. The zero-order chi connectivity index (χ0) is 12.6. The molecule has 6 heteroatoms. The molecule has 0 bridgehead atoms. The molecule has 1 aliphatic heterocycles. The summed E-state index contributed by atoms with van der Waals surface area (Å²) in [5.41, 5.74) is 0.477. The van der Waals surface area contributed by atoms with Crippen molar-refractivity contribution in [3.63, 3.8) is 0 Å². The van der Waals surface area contributed by atoms with Gasteiger partial charge in [0.15, 0.2) is 0 Å². The molecule has 1 aromatic heterocycles. The van der Waals surface area contributed by atoms with Crippen LogP contribution >= 0.6 is 0 Å². The Balaban J connectivity index is 1.74. The molecule has 3 rings (SSSR count). The van der Waals surface area contributed by atoms with Crippen LogP contribution in [0.3, 0.4) is 0 Å². The van der Waals surface area contributed by atoms with Crippen molar-refractivity contribution in [2.75, 3.05) is 25.1 Å². The van der Waals surface area contributed by atoms with E-state index in [4.69, 9.17) is 4.74 Å². The van der Waals surface area contributed by atoms with E-state index in [0.29, 0.717) is 43.2 Å². The maximum Gasteiger partial charge on any atom is 0.201 e. The molecule has 3 N–H and O–H groups in total. The topological polar surface area (TPSA) is 70.2 Å². The minimum atomic E-state index is -0.843. The monoisotopic (exact) mass is 251 g/mol. The Morgan fingerprint density at radius 3 is 3.22 bits per heavy atom. The standard InChI is InChI=1S/C12H14FN3O2/c13-8-1-2-9-10(5-8)16-11(15-9)14-6-12(17)3-4-18-7-12/h1-2,5,17H,3-4,6-7H2,(H2,14,15,16). The smallest absolute Gasteiger partial charge is 0.201 e. The lowest BCUT2D eigenvalue weighted by Crippen LogP contribution is -2.37. The fraction of sp³-hybridized carbons (Fsp3) is 0.417. The van der Waals surface area contributed by atoms with Crippen molar-refractivity contribution in [3.8, 4) is 0 Å². The molecule has 1 aromatic carbocycles. The molecule has 96 valence electrons. The highest BCUT2D eigenvalue weighted by molar-refractivity contribution is 5.77. The van der Waals surface area contributed by atoms with Gasteiger partial charge in [-0.25, -0.2) is 9.37 Å². The highest BCUT2D eigenvalue weighted by atomic mass is 19.1. The van der Waals surface area contributed by atoms with Crippen LogP contribution in [-0.2, 0) is 4.74 Å². The number of anilines is 1. The highest BCUT2D eigenvalue weighted by Crippen LogP contribution is 2.20. The molecule has 0 radical (unpaired) electrons. The number of fused-ring (bicyclic) bond motifs is 1. The Labute approximate surface area is 103 Å². The van der Waals surface area contributed by atoms with E-state index >= 15 is 0 Å². The van der Waals surface area contributed by atoms with Crippen LogP contribution in [0.4, 0.5) is 10.3 Å². The molecule has 2 aromatic rings. The lowest BCUT2D eigenvalue weighted by molar-refractivity contribution is 0.0381. The Hall–Kier alpha value is -1.66. The average molecular weight is 251 g/mol. The van der Waals surface area contributed by atoms with Gasteiger partial charge in [0.1, 0.15) is 11.4 Å². The maximum atomic E-state index is 13.0. The molecule has 0 amide bonds. The van der Waals surface area contributed by atoms with E-state index in [2.05, 4.69) is 15.3 Å². The first-order chi connectivity index (χ1) is 8.65. The summed E-state index contributed by atoms with van der Waals surface area (Å²) in [6.07, 6.45) is 0.606. The molecule has 1 unspecified atom stereocenters. The van der Waals surface area contributed by atoms with Gasteiger partial charge in [0.2, 0.25) is 5.95 Å². The van der Waals surface area contributed by atoms with Gasteiger partial charge < -0.3 is 20.1 Å². The number of ether oxygens (including phenoxy) is 1. The number of nitrogens with one attached hydrogen (secondary N) is 2. The van der Waals surface area contributed by atoms with Crippen LogP contribution < -0.4 is 5.32 Å². The van der Waals surface area contributed by atoms with Crippen molar-refractivity contribution in [3.05, 3.63) is 24.0 Å². The number of rotatable bonds is 3. The molecule has 1 aliphatic rings. The third-order valence-electron chi connectivity index (χ3n) is 3.11. The number of halogens is 1. The minimum absolute atomic E-state index is 0.305. The van der Waals surface area contributed by atoms with Gasteiger partial charge >= 0.3 is 0 Å². The number of hydrogen-bond donors (Lipinski definition) is 3. The molecule has 18 heavy (non-hydrogen) atoms. The summed E-state index contributed by atoms with van der Waals surface area (Å²) in [7, 11) is 0. The summed E-state index contributed by atoms with van der Waals surface area (Å²) in [5.74, 6) is 0.219. The average Bonchev–Trinajstić information content (AvgIpc) is 2.93. The van der Waals surface area contributed by atoms with Crippen LogP contribution in [0.25, 0.3) is 11.0 Å². The fourth-order valence-electron chi connectivity index (χ4n) is 2.05. The van der Waals surface area contributed by atoms with Gasteiger partial charge in [-0.3, -0.25) is 0 Å². The van der Waals surface area contributed by atoms with Crippen molar-refractivity contribution >= 4 is 17.0 Å². The van der Waals surface area contributed by atoms with Crippen LogP contribution in [0.15, 0.2) is 18.2 Å². The highest BCUT2D eigenvalue weighted by Gasteiger charge is 2.32. The molecule has 1 saturated heterocycles. The number of H-pyrrole nitrogens is 1. The predicted molar refractivity (Wildman–Crippen MR) is 64.9 cm³/mol. The first-order valence-electron chi connectivity index (χ1n) is 5.84. The second-order valence-corrected chi connectivity index (χ2v) is 4.63. The van der Waals surface area contributed by atoms with Crippen LogP contribution in [0, 0.1) is 5.82 Å². The lowest BCUT2D eigenvalue weighted by atomic mass is 10.0. The van der Waals surface area contributed by atoms with E-state index in [1.54, 1.807) is 6.07 Å². The number of imidazole rings is 1. The molecular formula is C12H14FN3O2. The Bertz CT molecular complexity index is 563. The number of hydrogen-bond acceptors (Lipinski definition) is 4. The Morgan fingerprint density at radius 1 is 1.56 bits per heavy atom. The molecule has 1 fully saturated rings. The van der Waals surface area contributed by atoms with Crippen molar-refractivity contribution in [2.24, 2.45) is 0 Å². The molecule has 5 nitrogen and oxygen atoms in total.